The molecule has 1 amide bonds. The van der Waals surface area contributed by atoms with Crippen LogP contribution in [0.3, 0.4) is 0 Å². The summed E-state index contributed by atoms with van der Waals surface area (Å²) in [5, 5.41) is 3.07. The number of benzene rings is 3. The average molecular weight is 386 g/mol. The van der Waals surface area contributed by atoms with Gasteiger partial charge in [0.05, 0.1) is 11.4 Å². The Bertz CT molecular complexity index is 948. The number of rotatable bonds is 5. The third-order valence-electron chi connectivity index (χ3n) is 5.63. The van der Waals surface area contributed by atoms with Gasteiger partial charge in [-0.15, -0.1) is 0 Å². The van der Waals surface area contributed by atoms with Gasteiger partial charge in [-0.3, -0.25) is 9.69 Å². The summed E-state index contributed by atoms with van der Waals surface area (Å²) in [6.45, 7) is 2.82. The number of carbonyl (C=O) groups excluding carboxylic acids is 1. The van der Waals surface area contributed by atoms with Gasteiger partial charge in [-0.05, 0) is 54.8 Å². The number of nitrogens with one attached hydrogen (secondary N) is 1. The molecule has 4 rings (SSSR count). The number of anilines is 2. The lowest BCUT2D eigenvalue weighted by molar-refractivity contribution is -0.121. The second-order valence-corrected chi connectivity index (χ2v) is 7.69. The van der Waals surface area contributed by atoms with Crippen molar-refractivity contribution in [1.82, 2.24) is 4.90 Å². The summed E-state index contributed by atoms with van der Waals surface area (Å²) in [6.07, 6.45) is 1.74. The minimum atomic E-state index is 0.0294. The van der Waals surface area contributed by atoms with E-state index in [-0.39, 0.29) is 11.8 Å². The maximum absolute atomic E-state index is 12.8. The molecule has 1 heterocycles. The zero-order valence-corrected chi connectivity index (χ0v) is 16.6. The van der Waals surface area contributed by atoms with Crippen LogP contribution in [0.15, 0.2) is 78.9 Å². The van der Waals surface area contributed by atoms with Gasteiger partial charge in [0.25, 0.3) is 0 Å². The van der Waals surface area contributed by atoms with Crippen LogP contribution in [0, 0.1) is 5.92 Å². The predicted octanol–water partition coefficient (Wildman–Crippen LogP) is 4.79. The molecule has 0 unspecified atom stereocenters. The Morgan fingerprint density at radius 2 is 1.55 bits per heavy atom. The number of nitrogens with two attached hydrogens (primary N) is 1. The number of amides is 1. The van der Waals surface area contributed by atoms with Gasteiger partial charge >= 0.3 is 0 Å². The van der Waals surface area contributed by atoms with Crippen LogP contribution in [0.4, 0.5) is 11.4 Å². The van der Waals surface area contributed by atoms with Crippen LogP contribution in [0.1, 0.15) is 18.4 Å². The second kappa shape index (κ2) is 8.93. The van der Waals surface area contributed by atoms with E-state index in [2.05, 4.69) is 46.6 Å². The van der Waals surface area contributed by atoms with E-state index in [1.807, 2.05) is 42.5 Å². The Morgan fingerprint density at radius 3 is 2.24 bits per heavy atom. The molecule has 3 N–H and O–H groups in total. The molecule has 0 spiro atoms. The molecule has 1 aliphatic rings. The van der Waals surface area contributed by atoms with Crippen LogP contribution in [0.2, 0.25) is 0 Å². The molecular weight excluding hydrogens is 358 g/mol. The Hall–Kier alpha value is -3.11. The fourth-order valence-electron chi connectivity index (χ4n) is 3.90. The van der Waals surface area contributed by atoms with Crippen molar-refractivity contribution in [1.29, 1.82) is 0 Å². The molecule has 0 atom stereocenters. The highest BCUT2D eigenvalue weighted by molar-refractivity contribution is 5.96. The van der Waals surface area contributed by atoms with Crippen molar-refractivity contribution in [3.05, 3.63) is 84.4 Å². The predicted molar refractivity (Wildman–Crippen MR) is 119 cm³/mol. The first-order chi connectivity index (χ1) is 14.2. The largest absolute Gasteiger partial charge is 0.397 e. The van der Waals surface area contributed by atoms with E-state index in [4.69, 9.17) is 5.73 Å². The first-order valence-electron chi connectivity index (χ1n) is 10.2. The van der Waals surface area contributed by atoms with E-state index >= 15 is 0 Å². The van der Waals surface area contributed by atoms with Crippen molar-refractivity contribution >= 4 is 17.3 Å². The number of nitrogen functional groups attached to an aromatic ring is 1. The van der Waals surface area contributed by atoms with E-state index < -0.39 is 0 Å². The second-order valence-electron chi connectivity index (χ2n) is 7.69. The normalized spacial score (nSPS) is 15.2. The van der Waals surface area contributed by atoms with Crippen LogP contribution >= 0.6 is 0 Å². The third-order valence-corrected chi connectivity index (χ3v) is 5.63. The van der Waals surface area contributed by atoms with Crippen LogP contribution < -0.4 is 11.1 Å². The molecule has 148 valence electrons. The monoisotopic (exact) mass is 385 g/mol. The van der Waals surface area contributed by atoms with Crippen molar-refractivity contribution in [2.45, 2.75) is 19.4 Å². The molecular formula is C25H27N3O. The maximum atomic E-state index is 12.8. The van der Waals surface area contributed by atoms with Gasteiger partial charge < -0.3 is 11.1 Å². The third kappa shape index (κ3) is 4.84. The molecule has 3 aromatic rings. The minimum absolute atomic E-state index is 0.0294. The zero-order valence-electron chi connectivity index (χ0n) is 16.6. The molecule has 4 nitrogen and oxygen atoms in total. The lowest BCUT2D eigenvalue weighted by Crippen LogP contribution is -2.37. The zero-order chi connectivity index (χ0) is 20.1. The van der Waals surface area contributed by atoms with Gasteiger partial charge in [0.1, 0.15) is 0 Å². The lowest BCUT2D eigenvalue weighted by atomic mass is 9.95. The molecule has 0 aliphatic carbocycles. The van der Waals surface area contributed by atoms with Gasteiger partial charge in [-0.25, -0.2) is 0 Å². The van der Waals surface area contributed by atoms with Gasteiger partial charge in [-0.1, -0.05) is 66.7 Å². The van der Waals surface area contributed by atoms with Crippen LogP contribution in [-0.4, -0.2) is 23.9 Å². The van der Waals surface area contributed by atoms with E-state index in [0.29, 0.717) is 11.4 Å². The number of nitrogens with zero attached hydrogens (tertiary/aromatic N) is 1. The molecule has 0 saturated carbocycles. The van der Waals surface area contributed by atoms with Crippen molar-refractivity contribution < 1.29 is 4.79 Å². The SMILES string of the molecule is Nc1ccc(-c2ccccc2)cc1NC(=O)C1CCN(Cc2ccccc2)CC1. The average Bonchev–Trinajstić information content (AvgIpc) is 2.77. The summed E-state index contributed by atoms with van der Waals surface area (Å²) >= 11 is 0. The quantitative estimate of drug-likeness (QED) is 0.621. The summed E-state index contributed by atoms with van der Waals surface area (Å²) < 4.78 is 0. The first kappa shape index (κ1) is 19.2. The van der Waals surface area contributed by atoms with Crippen molar-refractivity contribution in [3.8, 4) is 11.1 Å². The minimum Gasteiger partial charge on any atom is -0.397 e. The van der Waals surface area contributed by atoms with Gasteiger partial charge in [0.2, 0.25) is 5.91 Å². The molecule has 4 heteroatoms. The lowest BCUT2D eigenvalue weighted by Gasteiger charge is -2.31. The topological polar surface area (TPSA) is 58.4 Å². The molecule has 29 heavy (non-hydrogen) atoms. The van der Waals surface area contributed by atoms with Crippen LogP contribution in [-0.2, 0) is 11.3 Å². The van der Waals surface area contributed by atoms with E-state index in [1.165, 1.54) is 5.56 Å². The van der Waals surface area contributed by atoms with E-state index in [9.17, 15) is 4.79 Å². The summed E-state index contributed by atoms with van der Waals surface area (Å²) in [5.41, 5.74) is 10.9. The van der Waals surface area contributed by atoms with Crippen molar-refractivity contribution in [2.24, 2.45) is 5.92 Å². The number of hydrogen-bond donors (Lipinski definition) is 2. The summed E-state index contributed by atoms with van der Waals surface area (Å²) in [6, 6.07) is 26.4. The van der Waals surface area contributed by atoms with Gasteiger partial charge in [0.15, 0.2) is 0 Å². The van der Waals surface area contributed by atoms with E-state index in [1.54, 1.807) is 0 Å². The summed E-state index contributed by atoms with van der Waals surface area (Å²) in [7, 11) is 0. The fraction of sp³-hybridized carbons (Fsp3) is 0.240. The van der Waals surface area contributed by atoms with Gasteiger partial charge in [0, 0.05) is 12.5 Å². The molecule has 1 aliphatic heterocycles. The Labute approximate surface area is 172 Å². The highest BCUT2D eigenvalue weighted by Gasteiger charge is 2.25. The molecule has 0 radical (unpaired) electrons. The maximum Gasteiger partial charge on any atom is 0.227 e. The van der Waals surface area contributed by atoms with E-state index in [0.717, 1.165) is 43.6 Å². The first-order valence-corrected chi connectivity index (χ1v) is 10.2. The number of carbonyl (C=O) groups is 1. The highest BCUT2D eigenvalue weighted by atomic mass is 16.1. The number of hydrogen-bond acceptors (Lipinski definition) is 3. The Kier molecular flexibility index (Phi) is 5.92. The van der Waals surface area contributed by atoms with Gasteiger partial charge in [-0.2, -0.15) is 0 Å². The fourth-order valence-corrected chi connectivity index (χ4v) is 3.90. The number of likely N-dealkylation sites (tertiary alicyclic amines) is 1. The molecule has 3 aromatic carbocycles. The van der Waals surface area contributed by atoms with Crippen molar-refractivity contribution in [2.75, 3.05) is 24.1 Å². The van der Waals surface area contributed by atoms with Crippen LogP contribution in [0.5, 0.6) is 0 Å². The smallest absolute Gasteiger partial charge is 0.227 e. The standard InChI is InChI=1S/C25H27N3O/c26-23-12-11-22(20-9-5-2-6-10-20)17-24(23)27-25(29)21-13-15-28(16-14-21)18-19-7-3-1-4-8-19/h1-12,17,21H,13-16,18,26H2,(H,27,29). The van der Waals surface area contributed by atoms with Crippen molar-refractivity contribution in [3.63, 3.8) is 0 Å². The summed E-state index contributed by atoms with van der Waals surface area (Å²) in [4.78, 5) is 15.3. The van der Waals surface area contributed by atoms with Crippen LogP contribution in [0.25, 0.3) is 11.1 Å². The molecule has 0 bridgehead atoms. The molecule has 0 aromatic heterocycles. The highest BCUT2D eigenvalue weighted by Crippen LogP contribution is 2.28. The Balaban J connectivity index is 1.36. The molecule has 1 fully saturated rings. The molecule has 1 saturated heterocycles. The summed E-state index contributed by atoms with van der Waals surface area (Å²) in [5.74, 6) is 0.100. The Morgan fingerprint density at radius 1 is 0.897 bits per heavy atom. The number of piperidine rings is 1.